The van der Waals surface area contributed by atoms with Crippen molar-refractivity contribution in [3.63, 3.8) is 0 Å². The van der Waals surface area contributed by atoms with Crippen molar-refractivity contribution in [3.8, 4) is 0 Å². The van der Waals surface area contributed by atoms with Gasteiger partial charge < -0.3 is 15.2 Å². The summed E-state index contributed by atoms with van der Waals surface area (Å²) < 4.78 is 6.25. The molecule has 0 aliphatic heterocycles. The molecule has 3 rings (SSSR count). The minimum Gasteiger partial charge on any atom is -0.350 e. The maximum atomic E-state index is 12.1. The van der Waals surface area contributed by atoms with Crippen LogP contribution in [0.15, 0.2) is 28.8 Å². The molecule has 15 heteroatoms. The van der Waals surface area contributed by atoms with E-state index >= 15 is 0 Å². The highest BCUT2D eigenvalue weighted by Gasteiger charge is 2.23. The van der Waals surface area contributed by atoms with Crippen molar-refractivity contribution in [2.45, 2.75) is 20.4 Å². The fraction of sp³-hybridized carbons (Fsp3) is 0.278. The molecule has 0 aliphatic carbocycles. The molecule has 2 amide bonds. The molecule has 3 aromatic rings. The van der Waals surface area contributed by atoms with Gasteiger partial charge in [-0.25, -0.2) is 0 Å². The number of hydrogen-bond acceptors (Lipinski definition) is 10. The molecule has 0 saturated heterocycles. The normalized spacial score (nSPS) is 10.6. The van der Waals surface area contributed by atoms with Crippen LogP contribution in [-0.2, 0) is 6.54 Å². The smallest absolute Gasteiger partial charge is 0.316 e. The Bertz CT molecular complexity index is 1220. The number of aryl methyl sites for hydroxylation is 1. The molecule has 0 saturated carbocycles. The Morgan fingerprint density at radius 3 is 2.24 bits per heavy atom. The molecule has 0 bridgehead atoms. The maximum absolute atomic E-state index is 12.1. The number of non-ortho nitro benzene ring substituents is 1. The summed E-state index contributed by atoms with van der Waals surface area (Å²) >= 11 is 0. The Kier molecular flexibility index (Phi) is 6.71. The van der Waals surface area contributed by atoms with Crippen molar-refractivity contribution in [2.24, 2.45) is 0 Å². The van der Waals surface area contributed by atoms with E-state index in [4.69, 9.17) is 4.52 Å². The second kappa shape index (κ2) is 9.63. The number of carbonyl (C=O) groups is 2. The van der Waals surface area contributed by atoms with Crippen LogP contribution in [0.4, 0.5) is 11.4 Å². The molecule has 0 unspecified atom stereocenters. The Balaban J connectivity index is 1.49. The molecule has 2 aromatic heterocycles. The Morgan fingerprint density at radius 2 is 1.67 bits per heavy atom. The van der Waals surface area contributed by atoms with E-state index in [1.54, 1.807) is 0 Å². The van der Waals surface area contributed by atoms with Crippen LogP contribution in [0.2, 0.25) is 0 Å². The quantitative estimate of drug-likeness (QED) is 0.263. The monoisotopic (exact) mass is 458 g/mol. The van der Waals surface area contributed by atoms with Crippen molar-refractivity contribution in [3.05, 3.63) is 73.2 Å². The van der Waals surface area contributed by atoms with E-state index in [1.165, 1.54) is 42.8 Å². The van der Waals surface area contributed by atoms with E-state index in [-0.39, 0.29) is 54.0 Å². The molecule has 0 aliphatic rings. The van der Waals surface area contributed by atoms with Crippen molar-refractivity contribution >= 4 is 23.2 Å². The lowest BCUT2D eigenvalue weighted by Gasteiger charge is -2.05. The number of aromatic nitrogens is 4. The number of carbonyl (C=O) groups excluding carboxylic acids is 2. The van der Waals surface area contributed by atoms with Gasteiger partial charge in [0.15, 0.2) is 5.82 Å². The van der Waals surface area contributed by atoms with Gasteiger partial charge >= 0.3 is 17.5 Å². The van der Waals surface area contributed by atoms with Crippen LogP contribution in [0, 0.1) is 34.1 Å². The zero-order valence-electron chi connectivity index (χ0n) is 17.5. The lowest BCUT2D eigenvalue weighted by Crippen LogP contribution is -2.34. The van der Waals surface area contributed by atoms with Gasteiger partial charge in [-0.1, -0.05) is 5.16 Å². The first-order chi connectivity index (χ1) is 15.7. The van der Waals surface area contributed by atoms with E-state index in [9.17, 15) is 29.8 Å². The van der Waals surface area contributed by atoms with E-state index in [0.29, 0.717) is 5.69 Å². The molecule has 33 heavy (non-hydrogen) atoms. The Morgan fingerprint density at radius 1 is 1.03 bits per heavy atom. The first kappa shape index (κ1) is 23.0. The fourth-order valence-electron chi connectivity index (χ4n) is 2.91. The average Bonchev–Trinajstić information content (AvgIpc) is 3.35. The highest BCUT2D eigenvalue weighted by molar-refractivity contribution is 5.94. The van der Waals surface area contributed by atoms with Crippen molar-refractivity contribution < 1.29 is 24.0 Å². The molecular formula is C18H18N8O7. The van der Waals surface area contributed by atoms with Crippen molar-refractivity contribution in [2.75, 3.05) is 13.1 Å². The average molecular weight is 458 g/mol. The minimum absolute atomic E-state index is 0.0252. The number of rotatable bonds is 9. The summed E-state index contributed by atoms with van der Waals surface area (Å²) in [5.74, 6) is -1.34. The van der Waals surface area contributed by atoms with Crippen LogP contribution >= 0.6 is 0 Å². The highest BCUT2D eigenvalue weighted by atomic mass is 16.6. The molecule has 0 radical (unpaired) electrons. The summed E-state index contributed by atoms with van der Waals surface area (Å²) in [6.45, 7) is 3.16. The van der Waals surface area contributed by atoms with Gasteiger partial charge in [-0.15, -0.1) is 0 Å². The Hall–Kier alpha value is -4.69. The van der Waals surface area contributed by atoms with Crippen LogP contribution in [-0.4, -0.2) is 54.7 Å². The highest BCUT2D eigenvalue weighted by Crippen LogP contribution is 2.22. The van der Waals surface area contributed by atoms with Gasteiger partial charge in [-0.3, -0.25) is 34.5 Å². The molecule has 0 spiro atoms. The summed E-state index contributed by atoms with van der Waals surface area (Å²) in [4.78, 5) is 48.8. The third-order valence-electron chi connectivity index (χ3n) is 4.52. The number of nitrogens with one attached hydrogen (secondary N) is 2. The second-order valence-electron chi connectivity index (χ2n) is 6.77. The number of nitro benzene ring substituents is 1. The maximum Gasteiger partial charge on any atom is 0.316 e. The minimum atomic E-state index is -0.669. The number of benzene rings is 1. The van der Waals surface area contributed by atoms with Crippen LogP contribution < -0.4 is 10.6 Å². The zero-order chi connectivity index (χ0) is 24.1. The van der Waals surface area contributed by atoms with E-state index in [2.05, 4.69) is 25.9 Å². The van der Waals surface area contributed by atoms with Gasteiger partial charge in [0.05, 0.1) is 9.85 Å². The standard InChI is InChI=1S/C18H18N8O7/c1-10-15(26(31)32)11(2)24(22-10)9-14-21-18(33-23-14)17(28)20-8-7-19-16(27)12-3-5-13(6-4-12)25(29)30/h3-6H,7-9H2,1-2H3,(H,19,27)(H,20,28). The van der Waals surface area contributed by atoms with Gasteiger partial charge in [0.2, 0.25) is 0 Å². The first-order valence-electron chi connectivity index (χ1n) is 9.49. The summed E-state index contributed by atoms with van der Waals surface area (Å²) in [7, 11) is 0. The zero-order valence-corrected chi connectivity index (χ0v) is 17.5. The Labute approximate surface area is 185 Å². The third-order valence-corrected chi connectivity index (χ3v) is 4.52. The molecule has 1 aromatic carbocycles. The molecule has 15 nitrogen and oxygen atoms in total. The van der Waals surface area contributed by atoms with Gasteiger partial charge in [0.25, 0.3) is 11.6 Å². The van der Waals surface area contributed by atoms with Gasteiger partial charge in [0, 0.05) is 30.8 Å². The largest absolute Gasteiger partial charge is 0.350 e. The predicted octanol–water partition coefficient (Wildman–Crippen LogP) is 0.907. The topological polar surface area (TPSA) is 201 Å². The summed E-state index contributed by atoms with van der Waals surface area (Å²) in [6.07, 6.45) is 0. The number of nitro groups is 2. The van der Waals surface area contributed by atoms with Crippen LogP contribution in [0.1, 0.15) is 38.3 Å². The lowest BCUT2D eigenvalue weighted by molar-refractivity contribution is -0.386. The molecular weight excluding hydrogens is 440 g/mol. The first-order valence-corrected chi connectivity index (χ1v) is 9.49. The SMILES string of the molecule is Cc1nn(Cc2noc(C(=O)NCCNC(=O)c3ccc([N+](=O)[O-])cc3)n2)c(C)c1[N+](=O)[O-]. The number of hydrogen-bond donors (Lipinski definition) is 2. The lowest BCUT2D eigenvalue weighted by atomic mass is 10.2. The summed E-state index contributed by atoms with van der Waals surface area (Å²) in [5.41, 5.74) is 0.561. The fourth-order valence-corrected chi connectivity index (χ4v) is 2.91. The van der Waals surface area contributed by atoms with Crippen molar-refractivity contribution in [1.82, 2.24) is 30.6 Å². The predicted molar refractivity (Wildman–Crippen MR) is 110 cm³/mol. The van der Waals surface area contributed by atoms with Crippen molar-refractivity contribution in [1.29, 1.82) is 0 Å². The number of amides is 2. The van der Waals surface area contributed by atoms with Gasteiger partial charge in [0.1, 0.15) is 17.9 Å². The third kappa shape index (κ3) is 5.33. The van der Waals surface area contributed by atoms with Crippen LogP contribution in [0.25, 0.3) is 0 Å². The summed E-state index contributed by atoms with van der Waals surface area (Å²) in [5, 5.41) is 34.5. The molecule has 2 N–H and O–H groups in total. The molecule has 172 valence electrons. The summed E-state index contributed by atoms with van der Waals surface area (Å²) in [6, 6.07) is 5.08. The van der Waals surface area contributed by atoms with Gasteiger partial charge in [-0.2, -0.15) is 10.1 Å². The van der Waals surface area contributed by atoms with Gasteiger partial charge in [-0.05, 0) is 26.0 Å². The van der Waals surface area contributed by atoms with E-state index < -0.39 is 21.7 Å². The van der Waals surface area contributed by atoms with Crippen LogP contribution in [0.3, 0.4) is 0 Å². The van der Waals surface area contributed by atoms with E-state index in [0.717, 1.165) is 0 Å². The van der Waals surface area contributed by atoms with E-state index in [1.807, 2.05) is 0 Å². The molecule has 0 fully saturated rings. The van der Waals surface area contributed by atoms with Crippen LogP contribution in [0.5, 0.6) is 0 Å². The number of nitrogens with zero attached hydrogens (tertiary/aromatic N) is 6. The second-order valence-corrected chi connectivity index (χ2v) is 6.77. The molecule has 0 atom stereocenters. The molecule has 2 heterocycles.